The van der Waals surface area contributed by atoms with E-state index in [-0.39, 0.29) is 55.1 Å². The van der Waals surface area contributed by atoms with Gasteiger partial charge in [0.1, 0.15) is 11.6 Å². The number of benzene rings is 1. The Labute approximate surface area is 197 Å². The molecule has 2 amide bonds. The summed E-state index contributed by atoms with van der Waals surface area (Å²) in [6, 6.07) is 4.56. The molecule has 3 N–H and O–H groups in total. The number of halogens is 1. The van der Waals surface area contributed by atoms with Crippen LogP contribution in [-0.2, 0) is 16.1 Å². The highest BCUT2D eigenvalue weighted by atomic mass is 19.1. The molecule has 1 aliphatic heterocycles. The Balaban J connectivity index is 1.98. The summed E-state index contributed by atoms with van der Waals surface area (Å²) in [7, 11) is 0. The summed E-state index contributed by atoms with van der Waals surface area (Å²) in [5.74, 6) is -2.16. The van der Waals surface area contributed by atoms with Crippen molar-refractivity contribution in [3.63, 3.8) is 0 Å². The number of nitrogens with two attached hydrogens (primary N) is 1. The van der Waals surface area contributed by atoms with Crippen LogP contribution in [-0.4, -0.2) is 34.5 Å². The van der Waals surface area contributed by atoms with Gasteiger partial charge in [-0.15, -0.1) is 0 Å². The van der Waals surface area contributed by atoms with Crippen LogP contribution in [0.2, 0.25) is 0 Å². The van der Waals surface area contributed by atoms with Gasteiger partial charge < -0.3 is 15.5 Å². The molecule has 0 bridgehead atoms. The highest BCUT2D eigenvalue weighted by molar-refractivity contribution is 6.05. The smallest absolute Gasteiger partial charge is 0.330 e. The Hall–Kier alpha value is -3.43. The molecule has 0 saturated carbocycles. The molecule has 2 heterocycles. The molecule has 34 heavy (non-hydrogen) atoms. The molecule has 0 radical (unpaired) electrons. The Kier molecular flexibility index (Phi) is 7.58. The van der Waals surface area contributed by atoms with Crippen molar-refractivity contribution in [3.05, 3.63) is 50.4 Å². The Bertz CT molecular complexity index is 1200. The number of aromatic nitrogens is 2. The van der Waals surface area contributed by atoms with Crippen molar-refractivity contribution in [3.8, 4) is 0 Å². The van der Waals surface area contributed by atoms with E-state index in [0.29, 0.717) is 6.42 Å². The summed E-state index contributed by atoms with van der Waals surface area (Å²) in [6.45, 7) is 7.95. The number of hydrogen-bond donors (Lipinski definition) is 2. The average Bonchev–Trinajstić information content (AvgIpc) is 3.14. The highest BCUT2D eigenvalue weighted by Crippen LogP contribution is 2.30. The number of carbonyl (C=O) groups is 2. The zero-order chi connectivity index (χ0) is 25.2. The lowest BCUT2D eigenvalue weighted by Gasteiger charge is -2.27. The van der Waals surface area contributed by atoms with Crippen LogP contribution in [0, 0.1) is 24.6 Å². The molecule has 0 aliphatic carbocycles. The third-order valence-electron chi connectivity index (χ3n) is 5.90. The summed E-state index contributed by atoms with van der Waals surface area (Å²) in [5.41, 5.74) is 5.60. The van der Waals surface area contributed by atoms with Crippen molar-refractivity contribution < 1.29 is 14.0 Å². The molecule has 1 aromatic heterocycles. The third-order valence-corrected chi connectivity index (χ3v) is 5.90. The van der Waals surface area contributed by atoms with Gasteiger partial charge in [-0.3, -0.25) is 23.9 Å². The highest BCUT2D eigenvalue weighted by Gasteiger charge is 2.39. The summed E-state index contributed by atoms with van der Waals surface area (Å²) in [4.78, 5) is 56.2. The number of nitrogen functional groups attached to an aromatic ring is 1. The molecule has 0 spiro atoms. The van der Waals surface area contributed by atoms with E-state index >= 15 is 0 Å². The molecule has 9 nitrogen and oxygen atoms in total. The van der Waals surface area contributed by atoms with Crippen molar-refractivity contribution >= 4 is 29.0 Å². The summed E-state index contributed by atoms with van der Waals surface area (Å²) in [6.07, 6.45) is 1.22. The zero-order valence-electron chi connectivity index (χ0n) is 20.1. The second-order valence-electron chi connectivity index (χ2n) is 9.20. The summed E-state index contributed by atoms with van der Waals surface area (Å²) >= 11 is 0. The Morgan fingerprint density at radius 2 is 2.00 bits per heavy atom. The minimum Gasteiger partial charge on any atom is -0.383 e. The van der Waals surface area contributed by atoms with Gasteiger partial charge in [0.2, 0.25) is 11.8 Å². The van der Waals surface area contributed by atoms with Gasteiger partial charge in [0, 0.05) is 26.1 Å². The number of aromatic amines is 1. The van der Waals surface area contributed by atoms with E-state index < -0.39 is 28.9 Å². The fraction of sp³-hybridized carbons (Fsp3) is 0.500. The van der Waals surface area contributed by atoms with E-state index in [2.05, 4.69) is 4.98 Å². The third kappa shape index (κ3) is 5.05. The van der Waals surface area contributed by atoms with Crippen molar-refractivity contribution in [1.82, 2.24) is 9.55 Å². The Morgan fingerprint density at radius 3 is 2.62 bits per heavy atom. The number of nitrogens with zero attached hydrogens (tertiary/aromatic N) is 3. The second-order valence-corrected chi connectivity index (χ2v) is 9.20. The molecule has 3 rings (SSSR count). The molecule has 1 aromatic carbocycles. The first-order valence-corrected chi connectivity index (χ1v) is 11.6. The molecule has 10 heteroatoms. The molecule has 1 unspecified atom stereocenters. The van der Waals surface area contributed by atoms with Crippen LogP contribution in [0.5, 0.6) is 0 Å². The van der Waals surface area contributed by atoms with Crippen LogP contribution in [0.3, 0.4) is 0 Å². The number of carbonyl (C=O) groups excluding carboxylic acids is 2. The van der Waals surface area contributed by atoms with E-state index in [1.165, 1.54) is 26.5 Å². The first kappa shape index (κ1) is 25.2. The van der Waals surface area contributed by atoms with Gasteiger partial charge in [0.25, 0.3) is 5.56 Å². The van der Waals surface area contributed by atoms with Crippen molar-refractivity contribution in [2.75, 3.05) is 28.6 Å². The van der Waals surface area contributed by atoms with Gasteiger partial charge in [-0.25, -0.2) is 9.18 Å². The number of amides is 2. The van der Waals surface area contributed by atoms with Crippen LogP contribution in [0.1, 0.15) is 45.6 Å². The fourth-order valence-electron chi connectivity index (χ4n) is 4.19. The van der Waals surface area contributed by atoms with Gasteiger partial charge in [-0.1, -0.05) is 33.3 Å². The lowest BCUT2D eigenvalue weighted by atomic mass is 10.1. The molecular formula is C24H32FN5O4. The van der Waals surface area contributed by atoms with Crippen LogP contribution >= 0.6 is 0 Å². The van der Waals surface area contributed by atoms with E-state index in [1.54, 1.807) is 13.0 Å². The number of hydrogen-bond acceptors (Lipinski definition) is 5. The maximum absolute atomic E-state index is 14.5. The average molecular weight is 474 g/mol. The molecule has 1 saturated heterocycles. The first-order valence-electron chi connectivity index (χ1n) is 11.6. The van der Waals surface area contributed by atoms with Crippen molar-refractivity contribution in [1.29, 1.82) is 0 Å². The standard InChI is InChI=1S/C24H32FN5O4/c1-5-6-9-28(20-21(26)30(12-14(2)3)24(34)27-22(20)32)23(33)16-11-19(31)29(13-16)18-8-7-15(4)10-17(18)25/h7-8,10,14,16H,5-6,9,11-13,26H2,1-4H3,(H,27,32,34). The fourth-order valence-corrected chi connectivity index (χ4v) is 4.19. The zero-order valence-corrected chi connectivity index (χ0v) is 20.1. The topological polar surface area (TPSA) is 121 Å². The van der Waals surface area contributed by atoms with Gasteiger partial charge in [-0.2, -0.15) is 0 Å². The molecular weight excluding hydrogens is 441 g/mol. The molecule has 184 valence electrons. The van der Waals surface area contributed by atoms with Gasteiger partial charge in [0.05, 0.1) is 11.6 Å². The number of nitrogens with one attached hydrogen (secondary N) is 1. The van der Waals surface area contributed by atoms with Gasteiger partial charge in [0.15, 0.2) is 5.69 Å². The molecule has 1 aliphatic rings. The lowest BCUT2D eigenvalue weighted by Crippen LogP contribution is -2.44. The molecule has 1 atom stereocenters. The Morgan fingerprint density at radius 1 is 1.29 bits per heavy atom. The van der Waals surface area contributed by atoms with Crippen LogP contribution in [0.15, 0.2) is 27.8 Å². The maximum atomic E-state index is 14.5. The van der Waals surface area contributed by atoms with Crippen LogP contribution < -0.4 is 26.8 Å². The maximum Gasteiger partial charge on any atom is 0.330 e. The molecule has 2 aromatic rings. The van der Waals surface area contributed by atoms with E-state index in [9.17, 15) is 23.6 Å². The number of H-pyrrole nitrogens is 1. The number of unbranched alkanes of at least 4 members (excludes halogenated alkanes) is 1. The predicted molar refractivity (Wildman–Crippen MR) is 129 cm³/mol. The van der Waals surface area contributed by atoms with E-state index in [1.807, 2.05) is 20.8 Å². The largest absolute Gasteiger partial charge is 0.383 e. The number of aryl methyl sites for hydroxylation is 1. The van der Waals surface area contributed by atoms with E-state index in [0.717, 1.165) is 12.0 Å². The quantitative estimate of drug-likeness (QED) is 0.610. The summed E-state index contributed by atoms with van der Waals surface area (Å²) < 4.78 is 15.8. The van der Waals surface area contributed by atoms with Crippen LogP contribution in [0.25, 0.3) is 0 Å². The van der Waals surface area contributed by atoms with E-state index in [4.69, 9.17) is 5.73 Å². The van der Waals surface area contributed by atoms with Crippen molar-refractivity contribution in [2.24, 2.45) is 11.8 Å². The van der Waals surface area contributed by atoms with Crippen molar-refractivity contribution in [2.45, 2.75) is 53.5 Å². The lowest BCUT2D eigenvalue weighted by molar-refractivity contribution is -0.124. The summed E-state index contributed by atoms with van der Waals surface area (Å²) in [5, 5.41) is 0. The predicted octanol–water partition coefficient (Wildman–Crippen LogP) is 2.41. The van der Waals surface area contributed by atoms with Crippen LogP contribution in [0.4, 0.5) is 21.6 Å². The van der Waals surface area contributed by atoms with Gasteiger partial charge in [-0.05, 0) is 37.0 Å². The minimum atomic E-state index is -0.783. The molecule has 1 fully saturated rings. The number of rotatable bonds is 8. The SMILES string of the molecule is CCCCN(C(=O)C1CC(=O)N(c2ccc(C)cc2F)C1)c1c(N)n(CC(C)C)c(=O)[nH]c1=O. The second kappa shape index (κ2) is 10.2. The monoisotopic (exact) mass is 473 g/mol. The first-order chi connectivity index (χ1) is 16.0. The minimum absolute atomic E-state index is 0.0102. The number of anilines is 3. The normalized spacial score (nSPS) is 15.9. The van der Waals surface area contributed by atoms with Gasteiger partial charge >= 0.3 is 5.69 Å².